The van der Waals surface area contributed by atoms with E-state index < -0.39 is 0 Å². The second-order valence-corrected chi connectivity index (χ2v) is 5.63. The summed E-state index contributed by atoms with van der Waals surface area (Å²) < 4.78 is 11.3. The lowest BCUT2D eigenvalue weighted by Gasteiger charge is -2.23. The van der Waals surface area contributed by atoms with Gasteiger partial charge in [0.05, 0.1) is 12.6 Å². The molecule has 1 unspecified atom stereocenters. The highest BCUT2D eigenvalue weighted by Crippen LogP contribution is 2.19. The lowest BCUT2D eigenvalue weighted by Crippen LogP contribution is -2.40. The summed E-state index contributed by atoms with van der Waals surface area (Å²) in [7, 11) is 0. The second kappa shape index (κ2) is 7.28. The summed E-state index contributed by atoms with van der Waals surface area (Å²) in [4.78, 5) is 14.2. The van der Waals surface area contributed by atoms with E-state index in [0.717, 1.165) is 30.8 Å². The standard InChI is InChI=1S/C17H21N3O3/c1-13-5-2-3-7-15(13)23-12-17(21)20(16-8-9-18-19-16)11-14-6-4-10-22-14/h2-3,5,7-9,14H,4,6,10-12H2,1H3,(H,18,19). The molecule has 1 aliphatic rings. The number of benzene rings is 1. The van der Waals surface area contributed by atoms with Crippen LogP contribution in [0.3, 0.4) is 0 Å². The first-order chi connectivity index (χ1) is 11.2. The van der Waals surface area contributed by atoms with Crippen molar-refractivity contribution in [2.24, 2.45) is 0 Å². The molecule has 3 rings (SSSR count). The number of aromatic nitrogens is 2. The summed E-state index contributed by atoms with van der Waals surface area (Å²) in [6.07, 6.45) is 3.77. The molecule has 2 aromatic rings. The number of anilines is 1. The zero-order valence-corrected chi connectivity index (χ0v) is 13.2. The average molecular weight is 315 g/mol. The normalized spacial score (nSPS) is 17.2. The lowest BCUT2D eigenvalue weighted by molar-refractivity contribution is -0.121. The van der Waals surface area contributed by atoms with E-state index in [-0.39, 0.29) is 18.6 Å². The number of para-hydroxylation sites is 1. The van der Waals surface area contributed by atoms with Crippen molar-refractivity contribution in [2.75, 3.05) is 24.7 Å². The maximum Gasteiger partial charge on any atom is 0.266 e. The molecule has 1 fully saturated rings. The van der Waals surface area contributed by atoms with Crippen LogP contribution in [-0.4, -0.2) is 42.0 Å². The van der Waals surface area contributed by atoms with Gasteiger partial charge in [0.1, 0.15) is 5.75 Å². The van der Waals surface area contributed by atoms with Gasteiger partial charge in [0.25, 0.3) is 5.91 Å². The van der Waals surface area contributed by atoms with E-state index in [1.165, 1.54) is 0 Å². The van der Waals surface area contributed by atoms with E-state index in [4.69, 9.17) is 9.47 Å². The van der Waals surface area contributed by atoms with Crippen molar-refractivity contribution < 1.29 is 14.3 Å². The maximum atomic E-state index is 12.6. The van der Waals surface area contributed by atoms with E-state index in [1.54, 1.807) is 17.2 Å². The van der Waals surface area contributed by atoms with Crippen molar-refractivity contribution in [1.82, 2.24) is 10.2 Å². The van der Waals surface area contributed by atoms with Crippen LogP contribution in [0.1, 0.15) is 18.4 Å². The number of hydrogen-bond acceptors (Lipinski definition) is 4. The Hall–Kier alpha value is -2.34. The molecular weight excluding hydrogens is 294 g/mol. The Morgan fingerprint density at radius 1 is 1.43 bits per heavy atom. The van der Waals surface area contributed by atoms with Gasteiger partial charge in [-0.15, -0.1) is 0 Å². The van der Waals surface area contributed by atoms with Gasteiger partial charge in [-0.05, 0) is 31.4 Å². The molecule has 1 aliphatic heterocycles. The van der Waals surface area contributed by atoms with Crippen molar-refractivity contribution in [1.29, 1.82) is 0 Å². The molecule has 0 spiro atoms. The van der Waals surface area contributed by atoms with Crippen LogP contribution in [0.15, 0.2) is 36.5 Å². The first kappa shape index (κ1) is 15.6. The van der Waals surface area contributed by atoms with Crippen LogP contribution in [0.25, 0.3) is 0 Å². The molecular formula is C17H21N3O3. The Labute approximate surface area is 135 Å². The van der Waals surface area contributed by atoms with Gasteiger partial charge in [-0.2, -0.15) is 5.10 Å². The number of carbonyl (C=O) groups is 1. The van der Waals surface area contributed by atoms with Crippen LogP contribution in [0.5, 0.6) is 5.75 Å². The lowest BCUT2D eigenvalue weighted by atomic mass is 10.2. The summed E-state index contributed by atoms with van der Waals surface area (Å²) in [6, 6.07) is 9.43. The Kier molecular flexibility index (Phi) is 4.92. The number of nitrogens with one attached hydrogen (secondary N) is 1. The largest absolute Gasteiger partial charge is 0.483 e. The fourth-order valence-corrected chi connectivity index (χ4v) is 2.65. The molecule has 0 saturated carbocycles. The van der Waals surface area contributed by atoms with Crippen molar-refractivity contribution in [3.63, 3.8) is 0 Å². The Morgan fingerprint density at radius 3 is 3.00 bits per heavy atom. The molecule has 0 bridgehead atoms. The molecule has 0 aliphatic carbocycles. The van der Waals surface area contributed by atoms with Crippen LogP contribution in [0.4, 0.5) is 5.82 Å². The fraction of sp³-hybridized carbons (Fsp3) is 0.412. The summed E-state index contributed by atoms with van der Waals surface area (Å²) in [5.41, 5.74) is 1.01. The number of hydrogen-bond donors (Lipinski definition) is 1. The van der Waals surface area contributed by atoms with E-state index in [2.05, 4.69) is 10.2 Å². The molecule has 1 amide bonds. The smallest absolute Gasteiger partial charge is 0.266 e. The molecule has 6 heteroatoms. The molecule has 0 radical (unpaired) electrons. The predicted molar refractivity (Wildman–Crippen MR) is 86.6 cm³/mol. The van der Waals surface area contributed by atoms with Crippen LogP contribution in [0.2, 0.25) is 0 Å². The van der Waals surface area contributed by atoms with Gasteiger partial charge in [-0.1, -0.05) is 18.2 Å². The third-order valence-corrected chi connectivity index (χ3v) is 3.92. The van der Waals surface area contributed by atoms with Crippen LogP contribution < -0.4 is 9.64 Å². The van der Waals surface area contributed by atoms with Gasteiger partial charge in [-0.25, -0.2) is 0 Å². The molecule has 1 aromatic carbocycles. The SMILES string of the molecule is Cc1ccccc1OCC(=O)N(CC1CCCO1)c1cc[nH]n1. The number of rotatable bonds is 6. The topological polar surface area (TPSA) is 67.4 Å². The molecule has 2 heterocycles. The zero-order valence-electron chi connectivity index (χ0n) is 13.2. The Balaban J connectivity index is 1.66. The molecule has 1 saturated heterocycles. The minimum absolute atomic E-state index is 0.0234. The average Bonchev–Trinajstić information content (AvgIpc) is 3.25. The van der Waals surface area contributed by atoms with Gasteiger partial charge in [0, 0.05) is 18.9 Å². The predicted octanol–water partition coefficient (Wildman–Crippen LogP) is 2.31. The van der Waals surface area contributed by atoms with Crippen LogP contribution >= 0.6 is 0 Å². The number of amides is 1. The van der Waals surface area contributed by atoms with Crippen molar-refractivity contribution >= 4 is 11.7 Å². The monoisotopic (exact) mass is 315 g/mol. The molecule has 1 aromatic heterocycles. The quantitative estimate of drug-likeness (QED) is 0.888. The Bertz CT molecular complexity index is 636. The number of carbonyl (C=O) groups excluding carboxylic acids is 1. The number of nitrogens with zero attached hydrogens (tertiary/aromatic N) is 2. The molecule has 1 N–H and O–H groups in total. The van der Waals surface area contributed by atoms with Gasteiger partial charge < -0.3 is 9.47 Å². The van der Waals surface area contributed by atoms with E-state index in [0.29, 0.717) is 12.4 Å². The minimum Gasteiger partial charge on any atom is -0.483 e. The third kappa shape index (κ3) is 3.90. The van der Waals surface area contributed by atoms with E-state index in [9.17, 15) is 4.79 Å². The van der Waals surface area contributed by atoms with Gasteiger partial charge in [0.2, 0.25) is 0 Å². The zero-order chi connectivity index (χ0) is 16.1. The number of aryl methyl sites for hydroxylation is 1. The van der Waals surface area contributed by atoms with E-state index >= 15 is 0 Å². The summed E-state index contributed by atoms with van der Waals surface area (Å²) in [5.74, 6) is 1.19. The van der Waals surface area contributed by atoms with Crippen molar-refractivity contribution in [2.45, 2.75) is 25.9 Å². The molecule has 23 heavy (non-hydrogen) atoms. The summed E-state index contributed by atoms with van der Waals surface area (Å²) >= 11 is 0. The van der Waals surface area contributed by atoms with Crippen LogP contribution in [0, 0.1) is 6.92 Å². The summed E-state index contributed by atoms with van der Waals surface area (Å²) in [6.45, 7) is 3.19. The fourth-order valence-electron chi connectivity index (χ4n) is 2.65. The molecule has 6 nitrogen and oxygen atoms in total. The number of ether oxygens (including phenoxy) is 2. The van der Waals surface area contributed by atoms with E-state index in [1.807, 2.05) is 31.2 Å². The number of aromatic amines is 1. The summed E-state index contributed by atoms with van der Waals surface area (Å²) in [5, 5.41) is 6.87. The first-order valence-corrected chi connectivity index (χ1v) is 7.84. The second-order valence-electron chi connectivity index (χ2n) is 5.63. The van der Waals surface area contributed by atoms with Crippen molar-refractivity contribution in [3.05, 3.63) is 42.1 Å². The third-order valence-electron chi connectivity index (χ3n) is 3.92. The highest BCUT2D eigenvalue weighted by molar-refractivity contribution is 5.93. The van der Waals surface area contributed by atoms with Crippen molar-refractivity contribution in [3.8, 4) is 5.75 Å². The minimum atomic E-state index is -0.129. The highest BCUT2D eigenvalue weighted by Gasteiger charge is 2.25. The van der Waals surface area contributed by atoms with Crippen LogP contribution in [-0.2, 0) is 9.53 Å². The van der Waals surface area contributed by atoms with Gasteiger partial charge in [-0.3, -0.25) is 14.8 Å². The van der Waals surface area contributed by atoms with Gasteiger partial charge >= 0.3 is 0 Å². The highest BCUT2D eigenvalue weighted by atomic mass is 16.5. The molecule has 1 atom stereocenters. The number of H-pyrrole nitrogens is 1. The molecule has 122 valence electrons. The van der Waals surface area contributed by atoms with Gasteiger partial charge in [0.15, 0.2) is 12.4 Å². The maximum absolute atomic E-state index is 12.6. The first-order valence-electron chi connectivity index (χ1n) is 7.84. The Morgan fingerprint density at radius 2 is 2.30 bits per heavy atom.